The number of anilines is 2. The summed E-state index contributed by atoms with van der Waals surface area (Å²) in [6, 6.07) is 13.0. The number of amides is 2. The van der Waals surface area contributed by atoms with Crippen molar-refractivity contribution in [1.82, 2.24) is 9.21 Å². The standard InChI is InChI=1S/C28H36N4O5S/c1-20-18-23-19-24(8-9-25(23)32(20)21(2)33)38(35,36)31-12-10-22(11-13-31)28(34)30-16-14-29(15-17-30)26-6-4-5-7-27(26)37-3/h4-9,19-20,22H,10-18H2,1-3H3/t20-/m0/s1. The first-order valence-corrected chi connectivity index (χ1v) is 14.7. The van der Waals surface area contributed by atoms with Crippen LogP contribution in [0.4, 0.5) is 11.4 Å². The highest BCUT2D eigenvalue weighted by atomic mass is 32.2. The molecule has 2 fully saturated rings. The summed E-state index contributed by atoms with van der Waals surface area (Å²) in [4.78, 5) is 31.4. The van der Waals surface area contributed by atoms with Gasteiger partial charge < -0.3 is 19.4 Å². The number of methoxy groups -OCH3 is 1. The highest BCUT2D eigenvalue weighted by Crippen LogP contribution is 2.35. The highest BCUT2D eigenvalue weighted by molar-refractivity contribution is 7.89. The third-order valence-electron chi connectivity index (χ3n) is 8.06. The van der Waals surface area contributed by atoms with Crippen LogP contribution in [0, 0.1) is 5.92 Å². The SMILES string of the molecule is COc1ccccc1N1CCN(C(=O)C2CCN(S(=O)(=O)c3ccc4c(c3)C[C@H](C)N4C(C)=O)CC2)CC1. The number of benzene rings is 2. The fraction of sp³-hybridized carbons (Fsp3) is 0.500. The molecule has 2 aromatic carbocycles. The predicted molar refractivity (Wildman–Crippen MR) is 146 cm³/mol. The number of piperazine rings is 1. The first kappa shape index (κ1) is 26.5. The molecule has 204 valence electrons. The Morgan fingerprint density at radius 1 is 0.921 bits per heavy atom. The monoisotopic (exact) mass is 540 g/mol. The second kappa shape index (κ2) is 10.6. The molecule has 2 aromatic rings. The normalized spacial score (nSPS) is 20.9. The highest BCUT2D eigenvalue weighted by Gasteiger charge is 2.36. The maximum Gasteiger partial charge on any atom is 0.243 e. The van der Waals surface area contributed by atoms with Gasteiger partial charge in [0.25, 0.3) is 0 Å². The zero-order chi connectivity index (χ0) is 27.0. The van der Waals surface area contributed by atoms with Gasteiger partial charge in [-0.15, -0.1) is 0 Å². The Hall–Kier alpha value is -3.11. The minimum absolute atomic E-state index is 0.0128. The molecule has 0 aromatic heterocycles. The second-order valence-corrected chi connectivity index (χ2v) is 12.3. The van der Waals surface area contributed by atoms with E-state index in [1.807, 2.05) is 36.1 Å². The van der Waals surface area contributed by atoms with E-state index in [4.69, 9.17) is 4.74 Å². The predicted octanol–water partition coefficient (Wildman–Crippen LogP) is 2.74. The van der Waals surface area contributed by atoms with Crippen LogP contribution in [0.2, 0.25) is 0 Å². The Balaban J connectivity index is 1.18. The topological polar surface area (TPSA) is 90.5 Å². The van der Waals surface area contributed by atoms with Crippen LogP contribution in [0.5, 0.6) is 5.75 Å². The lowest BCUT2D eigenvalue weighted by atomic mass is 9.96. The van der Waals surface area contributed by atoms with Crippen LogP contribution in [-0.2, 0) is 26.0 Å². The van der Waals surface area contributed by atoms with Gasteiger partial charge in [-0.3, -0.25) is 9.59 Å². The molecule has 5 rings (SSSR count). The van der Waals surface area contributed by atoms with E-state index in [2.05, 4.69) is 4.90 Å². The molecule has 38 heavy (non-hydrogen) atoms. The van der Waals surface area contributed by atoms with Gasteiger partial charge in [0, 0.05) is 63.8 Å². The number of hydrogen-bond donors (Lipinski definition) is 0. The number of para-hydroxylation sites is 2. The van der Waals surface area contributed by atoms with E-state index in [0.29, 0.717) is 45.4 Å². The van der Waals surface area contributed by atoms with Crippen molar-refractivity contribution in [3.8, 4) is 5.75 Å². The van der Waals surface area contributed by atoms with Crippen LogP contribution >= 0.6 is 0 Å². The molecule has 0 radical (unpaired) electrons. The van der Waals surface area contributed by atoms with Crippen LogP contribution in [0.25, 0.3) is 0 Å². The van der Waals surface area contributed by atoms with Crippen molar-refractivity contribution < 1.29 is 22.7 Å². The zero-order valence-electron chi connectivity index (χ0n) is 22.3. The molecular weight excluding hydrogens is 504 g/mol. The van der Waals surface area contributed by atoms with E-state index in [1.54, 1.807) is 30.2 Å². The average molecular weight is 541 g/mol. The molecular formula is C28H36N4O5S. The molecule has 0 unspecified atom stereocenters. The van der Waals surface area contributed by atoms with Crippen molar-refractivity contribution in [2.45, 2.75) is 44.0 Å². The number of carbonyl (C=O) groups is 2. The Bertz CT molecular complexity index is 1310. The van der Waals surface area contributed by atoms with Gasteiger partial charge in [0.05, 0.1) is 17.7 Å². The summed E-state index contributed by atoms with van der Waals surface area (Å²) in [5.41, 5.74) is 2.71. The quantitative estimate of drug-likeness (QED) is 0.580. The largest absolute Gasteiger partial charge is 0.495 e. The molecule has 0 spiro atoms. The van der Waals surface area contributed by atoms with Crippen LogP contribution < -0.4 is 14.5 Å². The molecule has 0 aliphatic carbocycles. The van der Waals surface area contributed by atoms with Crippen molar-refractivity contribution in [1.29, 1.82) is 0 Å². The Morgan fingerprint density at radius 3 is 2.26 bits per heavy atom. The van der Waals surface area contributed by atoms with E-state index < -0.39 is 10.0 Å². The zero-order valence-corrected chi connectivity index (χ0v) is 23.1. The fourth-order valence-electron chi connectivity index (χ4n) is 6.06. The van der Waals surface area contributed by atoms with Crippen LogP contribution in [0.15, 0.2) is 47.4 Å². The third kappa shape index (κ3) is 4.87. The van der Waals surface area contributed by atoms with E-state index in [-0.39, 0.29) is 28.7 Å². The van der Waals surface area contributed by atoms with E-state index in [0.717, 1.165) is 35.8 Å². The summed E-state index contributed by atoms with van der Waals surface area (Å²) in [6.07, 6.45) is 1.68. The van der Waals surface area contributed by atoms with Gasteiger partial charge in [0.1, 0.15) is 5.75 Å². The summed E-state index contributed by atoms with van der Waals surface area (Å²) in [6.45, 7) is 6.90. The number of fused-ring (bicyclic) bond motifs is 1. The Kier molecular flexibility index (Phi) is 7.37. The number of piperidine rings is 1. The van der Waals surface area contributed by atoms with Gasteiger partial charge in [-0.2, -0.15) is 4.31 Å². The average Bonchev–Trinajstić information content (AvgIpc) is 3.28. The molecule has 10 heteroatoms. The Morgan fingerprint density at radius 2 is 1.61 bits per heavy atom. The summed E-state index contributed by atoms with van der Waals surface area (Å²) in [5.74, 6) is 0.747. The molecule has 0 saturated carbocycles. The van der Waals surface area contributed by atoms with Gasteiger partial charge in [-0.1, -0.05) is 12.1 Å². The van der Waals surface area contributed by atoms with Crippen molar-refractivity contribution in [2.75, 3.05) is 56.2 Å². The van der Waals surface area contributed by atoms with E-state index in [9.17, 15) is 18.0 Å². The molecule has 1 atom stereocenters. The van der Waals surface area contributed by atoms with E-state index in [1.165, 1.54) is 11.2 Å². The number of carbonyl (C=O) groups excluding carboxylic acids is 2. The molecule has 0 bridgehead atoms. The molecule has 3 heterocycles. The van der Waals surface area contributed by atoms with Crippen molar-refractivity contribution >= 4 is 33.2 Å². The molecule has 9 nitrogen and oxygen atoms in total. The van der Waals surface area contributed by atoms with Crippen molar-refractivity contribution in [2.24, 2.45) is 5.92 Å². The number of sulfonamides is 1. The summed E-state index contributed by atoms with van der Waals surface area (Å²) < 4.78 is 33.8. The minimum atomic E-state index is -3.67. The number of ether oxygens (including phenoxy) is 1. The first-order chi connectivity index (χ1) is 18.2. The lowest BCUT2D eigenvalue weighted by Crippen LogP contribution is -2.52. The van der Waals surface area contributed by atoms with Crippen LogP contribution in [0.3, 0.4) is 0 Å². The van der Waals surface area contributed by atoms with Gasteiger partial charge in [0.15, 0.2) is 0 Å². The molecule has 2 amide bonds. The van der Waals surface area contributed by atoms with Crippen molar-refractivity contribution in [3.63, 3.8) is 0 Å². The van der Waals surface area contributed by atoms with Crippen molar-refractivity contribution in [3.05, 3.63) is 48.0 Å². The third-order valence-corrected chi connectivity index (χ3v) is 9.96. The maximum absolute atomic E-state index is 13.4. The first-order valence-electron chi connectivity index (χ1n) is 13.3. The number of rotatable bonds is 5. The van der Waals surface area contributed by atoms with E-state index >= 15 is 0 Å². The van der Waals surface area contributed by atoms with Gasteiger partial charge in [-0.25, -0.2) is 8.42 Å². The fourth-order valence-corrected chi connectivity index (χ4v) is 7.58. The lowest BCUT2D eigenvalue weighted by molar-refractivity contribution is -0.137. The molecule has 3 aliphatic rings. The van der Waals surface area contributed by atoms with Crippen LogP contribution in [-0.4, -0.2) is 81.9 Å². The van der Waals surface area contributed by atoms with Gasteiger partial charge in [-0.05, 0) is 62.1 Å². The summed E-state index contributed by atoms with van der Waals surface area (Å²) in [5, 5.41) is 0. The summed E-state index contributed by atoms with van der Waals surface area (Å²) >= 11 is 0. The molecule has 0 N–H and O–H groups in total. The molecule has 3 aliphatic heterocycles. The van der Waals surface area contributed by atoms with Gasteiger partial charge >= 0.3 is 0 Å². The number of hydrogen-bond acceptors (Lipinski definition) is 6. The minimum Gasteiger partial charge on any atom is -0.495 e. The Labute approximate surface area is 225 Å². The van der Waals surface area contributed by atoms with Crippen LogP contribution in [0.1, 0.15) is 32.3 Å². The lowest BCUT2D eigenvalue weighted by Gasteiger charge is -2.39. The second-order valence-electron chi connectivity index (χ2n) is 10.4. The van der Waals surface area contributed by atoms with Gasteiger partial charge in [0.2, 0.25) is 21.8 Å². The summed E-state index contributed by atoms with van der Waals surface area (Å²) in [7, 11) is -2.01. The number of nitrogens with zero attached hydrogens (tertiary/aromatic N) is 4. The molecule has 2 saturated heterocycles. The smallest absolute Gasteiger partial charge is 0.243 e. The maximum atomic E-state index is 13.4.